The van der Waals surface area contributed by atoms with Gasteiger partial charge in [-0.1, -0.05) is 12.1 Å². The second-order valence-corrected chi connectivity index (χ2v) is 3.07. The van der Waals surface area contributed by atoms with Crippen LogP contribution in [0.25, 0.3) is 0 Å². The summed E-state index contributed by atoms with van der Waals surface area (Å²) in [6, 6.07) is 6.06. The first-order valence-electron chi connectivity index (χ1n) is 4.20. The van der Waals surface area contributed by atoms with Crippen LogP contribution in [-0.4, -0.2) is 5.97 Å². The van der Waals surface area contributed by atoms with Crippen molar-refractivity contribution in [2.75, 3.05) is 0 Å². The lowest BCUT2D eigenvalue weighted by atomic mass is 10.1. The molecule has 1 unspecified atom stereocenters. The van der Waals surface area contributed by atoms with E-state index in [-0.39, 0.29) is 17.9 Å². The molecule has 1 aromatic carbocycles. The molecule has 1 aliphatic heterocycles. The maximum Gasteiger partial charge on any atom is 0.306 e. The van der Waals surface area contributed by atoms with E-state index in [0.717, 1.165) is 5.56 Å². The third-order valence-corrected chi connectivity index (χ3v) is 2.13. The highest BCUT2D eigenvalue weighted by Gasteiger charge is 2.24. The topological polar surface area (TPSA) is 26.3 Å². The lowest BCUT2D eigenvalue weighted by molar-refractivity contribution is -0.141. The van der Waals surface area contributed by atoms with Crippen molar-refractivity contribution in [2.24, 2.45) is 0 Å². The van der Waals surface area contributed by atoms with E-state index in [9.17, 15) is 9.18 Å². The molecule has 68 valence electrons. The minimum absolute atomic E-state index is 0.172. The average molecular weight is 180 g/mol. The summed E-state index contributed by atoms with van der Waals surface area (Å²) >= 11 is 0. The van der Waals surface area contributed by atoms with Gasteiger partial charge in [0, 0.05) is 6.42 Å². The predicted octanol–water partition coefficient (Wildman–Crippen LogP) is 2.20. The van der Waals surface area contributed by atoms with E-state index in [1.807, 2.05) is 0 Å². The van der Waals surface area contributed by atoms with E-state index in [2.05, 4.69) is 0 Å². The van der Waals surface area contributed by atoms with Gasteiger partial charge in [-0.2, -0.15) is 0 Å². The Morgan fingerprint density at radius 3 is 2.54 bits per heavy atom. The fourth-order valence-electron chi connectivity index (χ4n) is 1.44. The van der Waals surface area contributed by atoms with Gasteiger partial charge in [-0.15, -0.1) is 0 Å². The summed E-state index contributed by atoms with van der Waals surface area (Å²) in [5.41, 5.74) is 0.868. The highest BCUT2D eigenvalue weighted by atomic mass is 19.1. The van der Waals surface area contributed by atoms with Crippen molar-refractivity contribution in [1.29, 1.82) is 0 Å². The molecule has 0 saturated carbocycles. The molecule has 1 fully saturated rings. The van der Waals surface area contributed by atoms with Gasteiger partial charge in [0.15, 0.2) is 0 Å². The van der Waals surface area contributed by atoms with Gasteiger partial charge in [-0.05, 0) is 24.1 Å². The monoisotopic (exact) mass is 180 g/mol. The number of hydrogen-bond donors (Lipinski definition) is 0. The van der Waals surface area contributed by atoms with Gasteiger partial charge in [0.1, 0.15) is 11.9 Å². The number of rotatable bonds is 1. The summed E-state index contributed by atoms with van der Waals surface area (Å²) < 4.78 is 17.6. The van der Waals surface area contributed by atoms with Crippen molar-refractivity contribution >= 4 is 5.97 Å². The van der Waals surface area contributed by atoms with E-state index in [1.165, 1.54) is 12.1 Å². The van der Waals surface area contributed by atoms with Crippen molar-refractivity contribution in [2.45, 2.75) is 18.9 Å². The van der Waals surface area contributed by atoms with E-state index in [1.54, 1.807) is 12.1 Å². The Hall–Kier alpha value is -1.38. The molecule has 0 aromatic heterocycles. The van der Waals surface area contributed by atoms with Crippen LogP contribution in [0.15, 0.2) is 24.3 Å². The number of benzene rings is 1. The molecule has 0 aliphatic carbocycles. The third kappa shape index (κ3) is 1.69. The Morgan fingerprint density at radius 2 is 2.00 bits per heavy atom. The molecule has 1 heterocycles. The highest BCUT2D eigenvalue weighted by Crippen LogP contribution is 2.29. The van der Waals surface area contributed by atoms with Gasteiger partial charge in [-0.3, -0.25) is 4.79 Å². The summed E-state index contributed by atoms with van der Waals surface area (Å²) in [6.45, 7) is 0. The highest BCUT2D eigenvalue weighted by molar-refractivity contribution is 5.71. The maximum absolute atomic E-state index is 12.5. The molecular formula is C10H9FO2. The standard InChI is InChI=1S/C10H9FO2/c11-8-3-1-7(2-4-8)9-5-6-10(12)13-9/h1-4,9H,5-6H2. The Morgan fingerprint density at radius 1 is 1.31 bits per heavy atom. The number of carbonyl (C=O) groups excluding carboxylic acids is 1. The molecule has 0 N–H and O–H groups in total. The van der Waals surface area contributed by atoms with Gasteiger partial charge in [0.05, 0.1) is 0 Å². The molecule has 2 nitrogen and oxygen atoms in total. The maximum atomic E-state index is 12.5. The van der Waals surface area contributed by atoms with Crippen LogP contribution in [0.3, 0.4) is 0 Å². The minimum atomic E-state index is -0.270. The van der Waals surface area contributed by atoms with E-state index in [4.69, 9.17) is 4.74 Å². The van der Waals surface area contributed by atoms with Crippen LogP contribution in [0.5, 0.6) is 0 Å². The normalized spacial score (nSPS) is 21.6. The van der Waals surface area contributed by atoms with Gasteiger partial charge >= 0.3 is 5.97 Å². The smallest absolute Gasteiger partial charge is 0.306 e. The van der Waals surface area contributed by atoms with Gasteiger partial charge in [0.25, 0.3) is 0 Å². The first-order chi connectivity index (χ1) is 6.25. The molecule has 1 atom stereocenters. The second-order valence-electron chi connectivity index (χ2n) is 3.07. The molecule has 13 heavy (non-hydrogen) atoms. The van der Waals surface area contributed by atoms with E-state index < -0.39 is 0 Å². The minimum Gasteiger partial charge on any atom is -0.457 e. The van der Waals surface area contributed by atoms with E-state index in [0.29, 0.717) is 12.8 Å². The van der Waals surface area contributed by atoms with Crippen LogP contribution >= 0.6 is 0 Å². The molecule has 2 rings (SSSR count). The Balaban J connectivity index is 2.17. The number of cyclic esters (lactones) is 1. The molecule has 1 aliphatic rings. The SMILES string of the molecule is O=C1CCC(c2ccc(F)cc2)O1. The Bertz CT molecular complexity index is 318. The fraction of sp³-hybridized carbons (Fsp3) is 0.300. The molecule has 0 bridgehead atoms. The van der Waals surface area contributed by atoms with Crippen LogP contribution in [0, 0.1) is 5.82 Å². The van der Waals surface area contributed by atoms with Crippen molar-refractivity contribution in [1.82, 2.24) is 0 Å². The third-order valence-electron chi connectivity index (χ3n) is 2.13. The number of ether oxygens (including phenoxy) is 1. The van der Waals surface area contributed by atoms with Crippen LogP contribution in [0.2, 0.25) is 0 Å². The summed E-state index contributed by atoms with van der Waals surface area (Å²) in [5.74, 6) is -0.442. The Kier molecular flexibility index (Phi) is 2.00. The van der Waals surface area contributed by atoms with Crippen LogP contribution in [-0.2, 0) is 9.53 Å². The quantitative estimate of drug-likeness (QED) is 0.619. The average Bonchev–Trinajstić information content (AvgIpc) is 2.53. The van der Waals surface area contributed by atoms with E-state index >= 15 is 0 Å². The second kappa shape index (κ2) is 3.17. The zero-order valence-corrected chi connectivity index (χ0v) is 7.00. The molecule has 1 saturated heterocycles. The van der Waals surface area contributed by atoms with Gasteiger partial charge < -0.3 is 4.74 Å². The largest absolute Gasteiger partial charge is 0.457 e. The number of hydrogen-bond acceptors (Lipinski definition) is 2. The van der Waals surface area contributed by atoms with Crippen LogP contribution < -0.4 is 0 Å². The van der Waals surface area contributed by atoms with Crippen molar-refractivity contribution in [3.05, 3.63) is 35.6 Å². The lowest BCUT2D eigenvalue weighted by Crippen LogP contribution is -1.98. The first-order valence-corrected chi connectivity index (χ1v) is 4.20. The molecule has 0 amide bonds. The number of halogens is 1. The van der Waals surface area contributed by atoms with Crippen molar-refractivity contribution in [3.63, 3.8) is 0 Å². The van der Waals surface area contributed by atoms with Crippen molar-refractivity contribution in [3.8, 4) is 0 Å². The number of carbonyl (C=O) groups is 1. The van der Waals surface area contributed by atoms with Crippen LogP contribution in [0.4, 0.5) is 4.39 Å². The van der Waals surface area contributed by atoms with Gasteiger partial charge in [-0.25, -0.2) is 4.39 Å². The summed E-state index contributed by atoms with van der Waals surface area (Å²) in [4.78, 5) is 10.8. The van der Waals surface area contributed by atoms with Gasteiger partial charge in [0.2, 0.25) is 0 Å². The van der Waals surface area contributed by atoms with Crippen LogP contribution in [0.1, 0.15) is 24.5 Å². The zero-order chi connectivity index (χ0) is 9.26. The number of esters is 1. The molecule has 0 radical (unpaired) electrons. The zero-order valence-electron chi connectivity index (χ0n) is 7.00. The molecular weight excluding hydrogens is 171 g/mol. The Labute approximate surface area is 75.3 Å². The lowest BCUT2D eigenvalue weighted by Gasteiger charge is -2.08. The molecule has 1 aromatic rings. The summed E-state index contributed by atoms with van der Waals surface area (Å²) in [6.07, 6.45) is 0.986. The first kappa shape index (κ1) is 8.23. The van der Waals surface area contributed by atoms with Crippen molar-refractivity contribution < 1.29 is 13.9 Å². The summed E-state index contributed by atoms with van der Waals surface area (Å²) in [5, 5.41) is 0. The predicted molar refractivity (Wildman–Crippen MR) is 44.5 cm³/mol. The molecule has 0 spiro atoms. The summed E-state index contributed by atoms with van der Waals surface area (Å²) in [7, 11) is 0. The molecule has 3 heteroatoms. The fourth-order valence-corrected chi connectivity index (χ4v) is 1.44.